The minimum atomic E-state index is -1.07. The van der Waals surface area contributed by atoms with E-state index in [0.717, 1.165) is 22.6 Å². The maximum Gasteiger partial charge on any atom is 0.245 e. The lowest BCUT2D eigenvalue weighted by atomic mass is 10.0. The number of rotatable bonds is 0. The first-order valence-corrected chi connectivity index (χ1v) is 6.32. The van der Waals surface area contributed by atoms with E-state index < -0.39 is 5.72 Å². The van der Waals surface area contributed by atoms with Gasteiger partial charge in [0.1, 0.15) is 17.6 Å². The minimum Gasteiger partial charge on any atom is -0.457 e. The Hall–Kier alpha value is -2.61. The molecule has 5 nitrogen and oxygen atoms in total. The molecule has 0 fully saturated rings. The van der Waals surface area contributed by atoms with Gasteiger partial charge in [-0.05, 0) is 38.0 Å². The van der Waals surface area contributed by atoms with E-state index in [2.05, 4.69) is 11.4 Å². The molecule has 1 aromatic rings. The Kier molecular flexibility index (Phi) is 2.45. The zero-order chi connectivity index (χ0) is 14.5. The van der Waals surface area contributed by atoms with Gasteiger partial charge in [-0.3, -0.25) is 0 Å². The van der Waals surface area contributed by atoms with Gasteiger partial charge >= 0.3 is 0 Å². The van der Waals surface area contributed by atoms with Crippen LogP contribution >= 0.6 is 0 Å². The van der Waals surface area contributed by atoms with Gasteiger partial charge in [0.2, 0.25) is 11.6 Å². The summed E-state index contributed by atoms with van der Waals surface area (Å²) >= 11 is 0. The molecule has 3 rings (SSSR count). The Balaban J connectivity index is 2.16. The Bertz CT molecular complexity index is 713. The normalized spacial score (nSPS) is 23.4. The van der Waals surface area contributed by atoms with Crippen LogP contribution in [0.25, 0.3) is 0 Å². The average Bonchev–Trinajstić information content (AvgIpc) is 2.73. The van der Waals surface area contributed by atoms with E-state index in [1.807, 2.05) is 26.0 Å². The van der Waals surface area contributed by atoms with Crippen LogP contribution in [0, 0.1) is 25.2 Å². The average molecular weight is 269 g/mol. The Morgan fingerprint density at radius 1 is 1.30 bits per heavy atom. The van der Waals surface area contributed by atoms with Gasteiger partial charge in [0, 0.05) is 6.08 Å². The van der Waals surface area contributed by atoms with Crippen molar-refractivity contribution in [2.45, 2.75) is 26.5 Å². The Morgan fingerprint density at radius 3 is 2.75 bits per heavy atom. The number of nitriles is 1. The van der Waals surface area contributed by atoms with Crippen molar-refractivity contribution >= 4 is 5.69 Å². The third-order valence-electron chi connectivity index (χ3n) is 3.67. The molecule has 1 aromatic carbocycles. The van der Waals surface area contributed by atoms with Crippen LogP contribution in [0.5, 0.6) is 5.75 Å². The van der Waals surface area contributed by atoms with E-state index in [1.165, 1.54) is 0 Å². The summed E-state index contributed by atoms with van der Waals surface area (Å²) < 4.78 is 11.4. The molecule has 0 unspecified atom stereocenters. The number of allylic oxidation sites excluding steroid dienone is 1. The lowest BCUT2D eigenvalue weighted by Gasteiger charge is -2.30. The maximum absolute atomic E-state index is 9.36. The van der Waals surface area contributed by atoms with Crippen molar-refractivity contribution < 1.29 is 9.47 Å². The molecule has 1 spiro atoms. The summed E-state index contributed by atoms with van der Waals surface area (Å²) in [5.74, 6) is 1.41. The van der Waals surface area contributed by atoms with Crippen molar-refractivity contribution in [1.82, 2.24) is 0 Å². The van der Waals surface area contributed by atoms with Crippen LogP contribution in [0.1, 0.15) is 18.1 Å². The monoisotopic (exact) mass is 269 g/mol. The van der Waals surface area contributed by atoms with Crippen molar-refractivity contribution in [1.29, 1.82) is 5.26 Å². The van der Waals surface area contributed by atoms with Gasteiger partial charge < -0.3 is 20.5 Å². The summed E-state index contributed by atoms with van der Waals surface area (Å²) in [6.07, 6.45) is 1.73. The lowest BCUT2D eigenvalue weighted by Crippen LogP contribution is -2.44. The molecule has 0 radical (unpaired) electrons. The van der Waals surface area contributed by atoms with Crippen molar-refractivity contribution in [2.24, 2.45) is 5.73 Å². The van der Waals surface area contributed by atoms with Gasteiger partial charge in [0.25, 0.3) is 0 Å². The van der Waals surface area contributed by atoms with Crippen LogP contribution in [-0.2, 0) is 4.74 Å². The highest BCUT2D eigenvalue weighted by Crippen LogP contribution is 2.45. The van der Waals surface area contributed by atoms with Gasteiger partial charge in [-0.25, -0.2) is 0 Å². The number of fused-ring (bicyclic) bond motifs is 1. The number of nitrogens with two attached hydrogens (primary N) is 1. The molecule has 0 aromatic heterocycles. The number of aryl methyl sites for hydroxylation is 1. The number of nitrogens with one attached hydrogen (secondary N) is 1. The summed E-state index contributed by atoms with van der Waals surface area (Å²) in [6.45, 7) is 5.78. The van der Waals surface area contributed by atoms with Crippen molar-refractivity contribution in [3.8, 4) is 11.8 Å². The number of ether oxygens (including phenoxy) is 2. The molecule has 0 bridgehead atoms. The zero-order valence-electron chi connectivity index (χ0n) is 11.6. The molecule has 2 aliphatic rings. The fourth-order valence-corrected chi connectivity index (χ4v) is 2.52. The standard InChI is InChI=1S/C15H15N3O2/c1-8-4-5-12-13(10(8)3)20-15(18-12)6-9(2)19-14(17)11(15)7-16/h4-6,18H,17H2,1-3H3/t15-/m1/s1. The second kappa shape index (κ2) is 3.94. The largest absolute Gasteiger partial charge is 0.457 e. The predicted octanol–water partition coefficient (Wildman–Crippen LogP) is 2.43. The van der Waals surface area contributed by atoms with Crippen LogP contribution in [0.4, 0.5) is 5.69 Å². The van der Waals surface area contributed by atoms with Crippen molar-refractivity contribution in [2.75, 3.05) is 5.32 Å². The molecule has 1 atom stereocenters. The van der Waals surface area contributed by atoms with Crippen molar-refractivity contribution in [3.05, 3.63) is 46.6 Å². The molecule has 0 aliphatic carbocycles. The molecule has 2 aliphatic heterocycles. The lowest BCUT2D eigenvalue weighted by molar-refractivity contribution is 0.174. The Labute approximate surface area is 117 Å². The number of hydrogen-bond donors (Lipinski definition) is 2. The first-order valence-electron chi connectivity index (χ1n) is 6.32. The van der Waals surface area contributed by atoms with E-state index in [9.17, 15) is 5.26 Å². The number of hydrogen-bond acceptors (Lipinski definition) is 5. The van der Waals surface area contributed by atoms with E-state index in [1.54, 1.807) is 13.0 Å². The third kappa shape index (κ3) is 1.55. The van der Waals surface area contributed by atoms with Gasteiger partial charge in [0.05, 0.1) is 5.69 Å². The molecule has 0 saturated heterocycles. The summed E-state index contributed by atoms with van der Waals surface area (Å²) in [4.78, 5) is 0. The molecule has 0 amide bonds. The van der Waals surface area contributed by atoms with E-state index in [-0.39, 0.29) is 11.5 Å². The topological polar surface area (TPSA) is 80.3 Å². The van der Waals surface area contributed by atoms with Crippen LogP contribution in [0.2, 0.25) is 0 Å². The molecular formula is C15H15N3O2. The highest BCUT2D eigenvalue weighted by Gasteiger charge is 2.46. The number of nitrogens with zero attached hydrogens (tertiary/aromatic N) is 1. The van der Waals surface area contributed by atoms with E-state index in [0.29, 0.717) is 5.76 Å². The summed E-state index contributed by atoms with van der Waals surface area (Å²) in [5, 5.41) is 12.6. The van der Waals surface area contributed by atoms with Crippen LogP contribution < -0.4 is 15.8 Å². The molecule has 102 valence electrons. The molecular weight excluding hydrogens is 254 g/mol. The summed E-state index contributed by atoms with van der Waals surface area (Å²) in [5.41, 5.74) is 8.00. The minimum absolute atomic E-state index is 0.0715. The fraction of sp³-hybridized carbons (Fsp3) is 0.267. The second-order valence-corrected chi connectivity index (χ2v) is 5.05. The highest BCUT2D eigenvalue weighted by molar-refractivity contribution is 5.70. The first kappa shape index (κ1) is 12.4. The van der Waals surface area contributed by atoms with E-state index >= 15 is 0 Å². The molecule has 3 N–H and O–H groups in total. The van der Waals surface area contributed by atoms with E-state index in [4.69, 9.17) is 15.2 Å². The van der Waals surface area contributed by atoms with Gasteiger partial charge in [-0.15, -0.1) is 0 Å². The van der Waals surface area contributed by atoms with Crippen molar-refractivity contribution in [3.63, 3.8) is 0 Å². The molecule has 2 heterocycles. The van der Waals surface area contributed by atoms with Gasteiger partial charge in [-0.2, -0.15) is 5.26 Å². The number of anilines is 1. The zero-order valence-corrected chi connectivity index (χ0v) is 11.6. The summed E-state index contributed by atoms with van der Waals surface area (Å²) in [7, 11) is 0. The van der Waals surface area contributed by atoms with Crippen LogP contribution in [-0.4, -0.2) is 5.72 Å². The van der Waals surface area contributed by atoms with Gasteiger partial charge in [-0.1, -0.05) is 6.07 Å². The summed E-state index contributed by atoms with van der Waals surface area (Å²) in [6, 6.07) is 6.03. The number of benzene rings is 1. The first-order chi connectivity index (χ1) is 9.47. The van der Waals surface area contributed by atoms with Gasteiger partial charge in [0.15, 0.2) is 5.57 Å². The SMILES string of the molecule is CC1=C[C@]2(Nc3ccc(C)c(C)c3O2)C(C#N)=C(N)O1. The van der Waals surface area contributed by atoms with Crippen LogP contribution in [0.15, 0.2) is 35.4 Å². The maximum atomic E-state index is 9.36. The quantitative estimate of drug-likeness (QED) is 0.756. The highest BCUT2D eigenvalue weighted by atomic mass is 16.5. The second-order valence-electron chi connectivity index (χ2n) is 5.05. The fourth-order valence-electron chi connectivity index (χ4n) is 2.52. The van der Waals surface area contributed by atoms with Crippen LogP contribution in [0.3, 0.4) is 0 Å². The molecule has 20 heavy (non-hydrogen) atoms. The molecule has 0 saturated carbocycles. The molecule has 5 heteroatoms. The smallest absolute Gasteiger partial charge is 0.245 e. The third-order valence-corrected chi connectivity index (χ3v) is 3.67. The Morgan fingerprint density at radius 2 is 2.05 bits per heavy atom. The predicted molar refractivity (Wildman–Crippen MR) is 74.6 cm³/mol.